The summed E-state index contributed by atoms with van der Waals surface area (Å²) >= 11 is 5.87. The van der Waals surface area contributed by atoms with E-state index in [4.69, 9.17) is 17.3 Å². The molecule has 21 heavy (non-hydrogen) atoms. The van der Waals surface area contributed by atoms with Gasteiger partial charge in [-0.2, -0.15) is 0 Å². The fourth-order valence-corrected chi connectivity index (χ4v) is 4.99. The first kappa shape index (κ1) is 16.7. The summed E-state index contributed by atoms with van der Waals surface area (Å²) in [6.45, 7) is 2.23. The normalized spacial score (nSPS) is 26.8. The molecular formula is C14H20ClFN2O2S. The van der Waals surface area contributed by atoms with Gasteiger partial charge in [0, 0.05) is 12.1 Å². The van der Waals surface area contributed by atoms with Crippen LogP contribution in [0.25, 0.3) is 0 Å². The highest BCUT2D eigenvalue weighted by Crippen LogP contribution is 2.35. The summed E-state index contributed by atoms with van der Waals surface area (Å²) in [4.78, 5) is -0.115. The maximum Gasteiger partial charge on any atom is 0.242 e. The van der Waals surface area contributed by atoms with Gasteiger partial charge >= 0.3 is 0 Å². The Hall–Kier alpha value is -0.690. The molecule has 0 radical (unpaired) electrons. The summed E-state index contributed by atoms with van der Waals surface area (Å²) in [7, 11) is -3.84. The van der Waals surface area contributed by atoms with Crippen molar-refractivity contribution in [1.82, 2.24) is 4.72 Å². The summed E-state index contributed by atoms with van der Waals surface area (Å²) in [5.41, 5.74) is 5.20. The van der Waals surface area contributed by atoms with Crippen LogP contribution in [0.3, 0.4) is 0 Å². The third kappa shape index (κ3) is 3.39. The molecule has 1 aliphatic rings. The van der Waals surface area contributed by atoms with E-state index in [0.717, 1.165) is 31.4 Å². The molecule has 2 atom stereocenters. The van der Waals surface area contributed by atoms with Crippen molar-refractivity contribution in [2.24, 2.45) is 11.7 Å². The molecule has 1 fully saturated rings. The molecule has 118 valence electrons. The maximum absolute atomic E-state index is 13.1. The highest BCUT2D eigenvalue weighted by atomic mass is 35.5. The van der Waals surface area contributed by atoms with Crippen LogP contribution in [0.2, 0.25) is 5.02 Å². The lowest BCUT2D eigenvalue weighted by molar-refractivity contribution is 0.191. The SMILES string of the molecule is CC1CCCCC1(CN)NS(=O)(=O)c1ccc(F)cc1Cl. The van der Waals surface area contributed by atoms with Crippen molar-refractivity contribution >= 4 is 21.6 Å². The summed E-state index contributed by atoms with van der Waals surface area (Å²) in [6.07, 6.45) is 3.63. The van der Waals surface area contributed by atoms with E-state index in [1.807, 2.05) is 6.92 Å². The third-order valence-electron chi connectivity index (χ3n) is 4.34. The summed E-state index contributed by atoms with van der Waals surface area (Å²) < 4.78 is 40.9. The predicted octanol–water partition coefficient (Wildman–Crippen LogP) is 2.67. The maximum atomic E-state index is 13.1. The van der Waals surface area contributed by atoms with Gasteiger partial charge in [0.2, 0.25) is 10.0 Å². The molecule has 7 heteroatoms. The fourth-order valence-electron chi connectivity index (χ4n) is 2.93. The monoisotopic (exact) mass is 334 g/mol. The first-order valence-corrected chi connectivity index (χ1v) is 8.86. The number of benzene rings is 1. The molecule has 0 aliphatic heterocycles. The van der Waals surface area contributed by atoms with Crippen molar-refractivity contribution in [2.45, 2.75) is 43.0 Å². The summed E-state index contributed by atoms with van der Waals surface area (Å²) in [6, 6.07) is 3.26. The van der Waals surface area contributed by atoms with Gasteiger partial charge in [0.15, 0.2) is 0 Å². The second kappa shape index (κ2) is 6.20. The van der Waals surface area contributed by atoms with Crippen LogP contribution in [-0.4, -0.2) is 20.5 Å². The Labute approximate surface area is 129 Å². The molecule has 3 N–H and O–H groups in total. The van der Waals surface area contributed by atoms with Gasteiger partial charge in [0.05, 0.1) is 5.02 Å². The predicted molar refractivity (Wildman–Crippen MR) is 81.1 cm³/mol. The largest absolute Gasteiger partial charge is 0.329 e. The Morgan fingerprint density at radius 2 is 2.19 bits per heavy atom. The standard InChI is InChI=1S/C14H20ClFN2O2S/c1-10-4-2-3-7-14(10,9-17)18-21(19,20)13-6-5-11(16)8-12(13)15/h5-6,8,10,18H,2-4,7,9,17H2,1H3. The van der Waals surface area contributed by atoms with Gasteiger partial charge in [0.1, 0.15) is 10.7 Å². The summed E-state index contributed by atoms with van der Waals surface area (Å²) in [5.74, 6) is -0.427. The summed E-state index contributed by atoms with van der Waals surface area (Å²) in [5, 5.41) is -0.127. The van der Waals surface area contributed by atoms with Gasteiger partial charge in [0.25, 0.3) is 0 Å². The Bertz CT molecular complexity index is 623. The molecule has 1 aliphatic carbocycles. The quantitative estimate of drug-likeness (QED) is 0.889. The van der Waals surface area contributed by atoms with Gasteiger partial charge in [-0.05, 0) is 37.0 Å². The fraction of sp³-hybridized carbons (Fsp3) is 0.571. The van der Waals surface area contributed by atoms with E-state index in [1.165, 1.54) is 6.07 Å². The van der Waals surface area contributed by atoms with Crippen LogP contribution >= 0.6 is 11.6 Å². The van der Waals surface area contributed by atoms with Crippen LogP contribution in [0, 0.1) is 11.7 Å². The van der Waals surface area contributed by atoms with Gasteiger partial charge < -0.3 is 5.73 Å². The zero-order valence-corrected chi connectivity index (χ0v) is 13.5. The van der Waals surface area contributed by atoms with E-state index in [0.29, 0.717) is 6.42 Å². The Morgan fingerprint density at radius 1 is 1.48 bits per heavy atom. The number of hydrogen-bond donors (Lipinski definition) is 2. The minimum atomic E-state index is -3.84. The molecule has 1 saturated carbocycles. The van der Waals surface area contributed by atoms with Crippen LogP contribution < -0.4 is 10.5 Å². The van der Waals surface area contributed by atoms with E-state index in [2.05, 4.69) is 4.72 Å². The topological polar surface area (TPSA) is 72.2 Å². The molecule has 0 spiro atoms. The van der Waals surface area contributed by atoms with Crippen LogP contribution in [0.4, 0.5) is 4.39 Å². The van der Waals surface area contributed by atoms with Crippen LogP contribution in [0.15, 0.2) is 23.1 Å². The minimum Gasteiger partial charge on any atom is -0.329 e. The number of nitrogens with one attached hydrogen (secondary N) is 1. The number of rotatable bonds is 4. The lowest BCUT2D eigenvalue weighted by Gasteiger charge is -2.42. The number of nitrogens with two attached hydrogens (primary N) is 1. The van der Waals surface area contributed by atoms with Gasteiger partial charge in [-0.15, -0.1) is 0 Å². The molecule has 0 saturated heterocycles. The van der Waals surface area contributed by atoms with Crippen molar-refractivity contribution in [1.29, 1.82) is 0 Å². The van der Waals surface area contributed by atoms with E-state index in [1.54, 1.807) is 0 Å². The van der Waals surface area contributed by atoms with Gasteiger partial charge in [-0.25, -0.2) is 17.5 Å². The molecule has 2 rings (SSSR count). The molecule has 1 aromatic carbocycles. The molecule has 2 unspecified atom stereocenters. The van der Waals surface area contributed by atoms with Crippen molar-refractivity contribution in [3.05, 3.63) is 29.0 Å². The molecule has 4 nitrogen and oxygen atoms in total. The zero-order chi connectivity index (χ0) is 15.7. The second-order valence-electron chi connectivity index (χ2n) is 5.69. The van der Waals surface area contributed by atoms with Crippen LogP contribution in [-0.2, 0) is 10.0 Å². The Morgan fingerprint density at radius 3 is 2.76 bits per heavy atom. The number of hydrogen-bond acceptors (Lipinski definition) is 3. The first-order valence-electron chi connectivity index (χ1n) is 7.00. The van der Waals surface area contributed by atoms with Gasteiger partial charge in [-0.1, -0.05) is 31.4 Å². The second-order valence-corrected chi connectivity index (χ2v) is 7.75. The van der Waals surface area contributed by atoms with Crippen LogP contribution in [0.1, 0.15) is 32.6 Å². The van der Waals surface area contributed by atoms with Gasteiger partial charge in [-0.3, -0.25) is 0 Å². The molecular weight excluding hydrogens is 315 g/mol. The van der Waals surface area contributed by atoms with E-state index in [9.17, 15) is 12.8 Å². The smallest absolute Gasteiger partial charge is 0.242 e. The molecule has 0 aromatic heterocycles. The third-order valence-corrected chi connectivity index (χ3v) is 6.37. The minimum absolute atomic E-state index is 0.115. The molecule has 0 bridgehead atoms. The van der Waals surface area contributed by atoms with Crippen molar-refractivity contribution in [2.75, 3.05) is 6.54 Å². The average Bonchev–Trinajstić information content (AvgIpc) is 2.40. The molecule has 1 aromatic rings. The first-order chi connectivity index (χ1) is 9.81. The number of sulfonamides is 1. The molecule has 0 heterocycles. The van der Waals surface area contributed by atoms with E-state index >= 15 is 0 Å². The highest BCUT2D eigenvalue weighted by Gasteiger charge is 2.41. The zero-order valence-electron chi connectivity index (χ0n) is 11.9. The number of halogens is 2. The average molecular weight is 335 g/mol. The van der Waals surface area contributed by atoms with Crippen LogP contribution in [0.5, 0.6) is 0 Å². The Kier molecular flexibility index (Phi) is 4.92. The lowest BCUT2D eigenvalue weighted by atomic mass is 9.74. The van der Waals surface area contributed by atoms with E-state index < -0.39 is 21.4 Å². The lowest BCUT2D eigenvalue weighted by Crippen LogP contribution is -2.58. The van der Waals surface area contributed by atoms with Crippen molar-refractivity contribution in [3.8, 4) is 0 Å². The highest BCUT2D eigenvalue weighted by molar-refractivity contribution is 7.89. The van der Waals surface area contributed by atoms with E-state index in [-0.39, 0.29) is 22.4 Å². The van der Waals surface area contributed by atoms with Crippen molar-refractivity contribution in [3.63, 3.8) is 0 Å². The van der Waals surface area contributed by atoms with Crippen molar-refractivity contribution < 1.29 is 12.8 Å². The Balaban J connectivity index is 2.35. The molecule has 0 amide bonds.